The van der Waals surface area contributed by atoms with Crippen molar-refractivity contribution in [1.82, 2.24) is 10.3 Å². The molecule has 2 aromatic carbocycles. The summed E-state index contributed by atoms with van der Waals surface area (Å²) < 4.78 is 5.46. The predicted molar refractivity (Wildman–Crippen MR) is 106 cm³/mol. The fourth-order valence-electron chi connectivity index (χ4n) is 3.44. The highest BCUT2D eigenvalue weighted by molar-refractivity contribution is 7.09. The Bertz CT molecular complexity index is 985. The van der Waals surface area contributed by atoms with Crippen LogP contribution in [0.25, 0.3) is 11.1 Å². The van der Waals surface area contributed by atoms with Crippen LogP contribution in [0, 0.1) is 0 Å². The molecular formula is C21H18N2O4S. The van der Waals surface area contributed by atoms with Crippen molar-refractivity contribution in [1.29, 1.82) is 0 Å². The first-order chi connectivity index (χ1) is 13.6. The fraction of sp³-hybridized carbons (Fsp3) is 0.190. The Labute approximate surface area is 165 Å². The minimum absolute atomic E-state index is 0.0234. The summed E-state index contributed by atoms with van der Waals surface area (Å²) in [5.74, 6) is -1.03. The molecule has 1 aliphatic carbocycles. The first-order valence-electron chi connectivity index (χ1n) is 8.90. The van der Waals surface area contributed by atoms with Crippen LogP contribution < -0.4 is 5.32 Å². The number of aromatic nitrogens is 1. The molecule has 7 heteroatoms. The lowest BCUT2D eigenvalue weighted by molar-refractivity contribution is 0.0691. The van der Waals surface area contributed by atoms with Gasteiger partial charge in [-0.2, -0.15) is 0 Å². The van der Waals surface area contributed by atoms with Gasteiger partial charge in [-0.1, -0.05) is 48.5 Å². The SMILES string of the molecule is O=C(NCCc1nc(C(=O)O)cs1)OCC1c2ccccc2-c2ccccc21. The number of aromatic carboxylic acids is 1. The molecule has 1 aliphatic rings. The summed E-state index contributed by atoms with van der Waals surface area (Å²) >= 11 is 1.26. The molecule has 0 radical (unpaired) electrons. The number of alkyl carbamates (subject to hydrolysis) is 1. The maximum atomic E-state index is 12.1. The van der Waals surface area contributed by atoms with Gasteiger partial charge in [0.25, 0.3) is 0 Å². The number of nitrogens with zero attached hydrogens (tertiary/aromatic N) is 1. The summed E-state index contributed by atoms with van der Waals surface area (Å²) in [4.78, 5) is 26.9. The van der Waals surface area contributed by atoms with E-state index in [1.165, 1.54) is 39.0 Å². The van der Waals surface area contributed by atoms with E-state index >= 15 is 0 Å². The van der Waals surface area contributed by atoms with Crippen LogP contribution in [0.4, 0.5) is 4.79 Å². The lowest BCUT2D eigenvalue weighted by atomic mass is 9.98. The highest BCUT2D eigenvalue weighted by atomic mass is 32.1. The first-order valence-corrected chi connectivity index (χ1v) is 9.78. The Kier molecular flexibility index (Phi) is 5.08. The second-order valence-electron chi connectivity index (χ2n) is 6.43. The van der Waals surface area contributed by atoms with Gasteiger partial charge in [0, 0.05) is 24.3 Å². The van der Waals surface area contributed by atoms with Crippen molar-refractivity contribution in [3.05, 3.63) is 75.7 Å². The number of hydrogen-bond acceptors (Lipinski definition) is 5. The van der Waals surface area contributed by atoms with Crippen LogP contribution in [0.1, 0.15) is 32.5 Å². The Morgan fingerprint density at radius 3 is 2.32 bits per heavy atom. The molecule has 0 spiro atoms. The molecule has 1 aromatic heterocycles. The van der Waals surface area contributed by atoms with E-state index in [9.17, 15) is 9.59 Å². The van der Waals surface area contributed by atoms with E-state index in [4.69, 9.17) is 9.84 Å². The third-order valence-electron chi connectivity index (χ3n) is 4.72. The van der Waals surface area contributed by atoms with Crippen molar-refractivity contribution in [2.45, 2.75) is 12.3 Å². The van der Waals surface area contributed by atoms with Crippen LogP contribution >= 0.6 is 11.3 Å². The van der Waals surface area contributed by atoms with E-state index < -0.39 is 12.1 Å². The van der Waals surface area contributed by atoms with Crippen LogP contribution in [0.5, 0.6) is 0 Å². The number of fused-ring (bicyclic) bond motifs is 3. The van der Waals surface area contributed by atoms with Gasteiger partial charge in [0.1, 0.15) is 6.61 Å². The van der Waals surface area contributed by atoms with Crippen molar-refractivity contribution in [2.24, 2.45) is 0 Å². The topological polar surface area (TPSA) is 88.5 Å². The van der Waals surface area contributed by atoms with Gasteiger partial charge >= 0.3 is 12.1 Å². The van der Waals surface area contributed by atoms with Crippen LogP contribution in [-0.4, -0.2) is 35.3 Å². The zero-order valence-electron chi connectivity index (χ0n) is 14.9. The molecule has 0 unspecified atom stereocenters. The van der Waals surface area contributed by atoms with Crippen LogP contribution in [0.2, 0.25) is 0 Å². The van der Waals surface area contributed by atoms with Gasteiger partial charge in [-0.15, -0.1) is 11.3 Å². The highest BCUT2D eigenvalue weighted by Gasteiger charge is 2.28. The maximum Gasteiger partial charge on any atom is 0.407 e. The van der Waals surface area contributed by atoms with E-state index in [1.807, 2.05) is 24.3 Å². The number of amides is 1. The molecule has 0 bridgehead atoms. The molecule has 4 rings (SSSR count). The average molecular weight is 394 g/mol. The summed E-state index contributed by atoms with van der Waals surface area (Å²) in [6.07, 6.45) is -0.0285. The van der Waals surface area contributed by atoms with E-state index in [0.29, 0.717) is 18.0 Å². The molecule has 6 nitrogen and oxygen atoms in total. The fourth-order valence-corrected chi connectivity index (χ4v) is 4.22. The molecule has 142 valence electrons. The van der Waals surface area contributed by atoms with Crippen molar-refractivity contribution < 1.29 is 19.4 Å². The number of ether oxygens (including phenoxy) is 1. The molecular weight excluding hydrogens is 376 g/mol. The van der Waals surface area contributed by atoms with Crippen LogP contribution in [0.3, 0.4) is 0 Å². The summed E-state index contributed by atoms with van der Waals surface area (Å²) in [5.41, 5.74) is 4.73. The van der Waals surface area contributed by atoms with E-state index in [2.05, 4.69) is 34.6 Å². The second-order valence-corrected chi connectivity index (χ2v) is 7.38. The van der Waals surface area contributed by atoms with Gasteiger partial charge in [0.15, 0.2) is 5.69 Å². The van der Waals surface area contributed by atoms with E-state index in [-0.39, 0.29) is 18.2 Å². The zero-order valence-corrected chi connectivity index (χ0v) is 15.7. The Hall–Kier alpha value is -3.19. The minimum Gasteiger partial charge on any atom is -0.476 e. The highest BCUT2D eigenvalue weighted by Crippen LogP contribution is 2.44. The Morgan fingerprint density at radius 2 is 1.71 bits per heavy atom. The number of rotatable bonds is 6. The average Bonchev–Trinajstić information content (AvgIpc) is 3.30. The molecule has 0 aliphatic heterocycles. The van der Waals surface area contributed by atoms with Crippen LogP contribution in [-0.2, 0) is 11.2 Å². The van der Waals surface area contributed by atoms with Crippen molar-refractivity contribution in [3.8, 4) is 11.1 Å². The van der Waals surface area contributed by atoms with Crippen molar-refractivity contribution in [3.63, 3.8) is 0 Å². The number of carboxylic acids is 1. The second kappa shape index (κ2) is 7.82. The molecule has 28 heavy (non-hydrogen) atoms. The smallest absolute Gasteiger partial charge is 0.407 e. The monoisotopic (exact) mass is 394 g/mol. The molecule has 0 saturated carbocycles. The molecule has 0 fully saturated rings. The van der Waals surface area contributed by atoms with Gasteiger partial charge in [-0.3, -0.25) is 0 Å². The standard InChI is InChI=1S/C21H18N2O4S/c24-20(25)18-12-28-19(23-18)9-10-22-21(26)27-11-17-15-7-3-1-5-13(15)14-6-2-4-8-16(14)17/h1-8,12,17H,9-11H2,(H,22,26)(H,24,25). The van der Waals surface area contributed by atoms with Gasteiger partial charge < -0.3 is 15.2 Å². The summed E-state index contributed by atoms with van der Waals surface area (Å²) in [5, 5.41) is 13.7. The van der Waals surface area contributed by atoms with E-state index in [0.717, 1.165) is 0 Å². The molecule has 1 heterocycles. The summed E-state index contributed by atoms with van der Waals surface area (Å²) in [6.45, 7) is 0.601. The number of benzene rings is 2. The van der Waals surface area contributed by atoms with Gasteiger partial charge in [0.05, 0.1) is 5.01 Å². The number of hydrogen-bond donors (Lipinski definition) is 2. The predicted octanol–water partition coefficient (Wildman–Crippen LogP) is 3.92. The molecule has 0 atom stereocenters. The third-order valence-corrected chi connectivity index (χ3v) is 5.63. The third kappa shape index (κ3) is 3.61. The van der Waals surface area contributed by atoms with Gasteiger partial charge in [0.2, 0.25) is 0 Å². The quantitative estimate of drug-likeness (QED) is 0.661. The minimum atomic E-state index is -1.05. The number of carbonyl (C=O) groups excluding carboxylic acids is 1. The normalized spacial score (nSPS) is 12.3. The van der Waals surface area contributed by atoms with Gasteiger partial charge in [-0.25, -0.2) is 14.6 Å². The number of carboxylic acid groups (broad SMARTS) is 1. The van der Waals surface area contributed by atoms with Crippen molar-refractivity contribution in [2.75, 3.05) is 13.2 Å². The number of carbonyl (C=O) groups is 2. The Balaban J connectivity index is 1.33. The summed E-state index contributed by atoms with van der Waals surface area (Å²) in [7, 11) is 0. The van der Waals surface area contributed by atoms with Crippen LogP contribution in [0.15, 0.2) is 53.9 Å². The zero-order chi connectivity index (χ0) is 19.5. The number of nitrogens with one attached hydrogen (secondary N) is 1. The first kappa shape index (κ1) is 18.2. The summed E-state index contributed by atoms with van der Waals surface area (Å²) in [6, 6.07) is 16.4. The lowest BCUT2D eigenvalue weighted by Crippen LogP contribution is -2.28. The maximum absolute atomic E-state index is 12.1. The lowest BCUT2D eigenvalue weighted by Gasteiger charge is -2.14. The van der Waals surface area contributed by atoms with Crippen molar-refractivity contribution >= 4 is 23.4 Å². The molecule has 3 aromatic rings. The Morgan fingerprint density at radius 1 is 1.07 bits per heavy atom. The molecule has 0 saturated heterocycles. The molecule has 1 amide bonds. The largest absolute Gasteiger partial charge is 0.476 e. The molecule has 2 N–H and O–H groups in total. The van der Waals surface area contributed by atoms with Gasteiger partial charge in [-0.05, 0) is 22.3 Å². The number of thiazole rings is 1. The van der Waals surface area contributed by atoms with E-state index in [1.54, 1.807) is 0 Å².